The molecule has 1 aromatic heterocycles. The fourth-order valence-electron chi connectivity index (χ4n) is 2.16. The van der Waals surface area contributed by atoms with Crippen LogP contribution in [0.3, 0.4) is 0 Å². The molecular weight excluding hydrogens is 266 g/mol. The Morgan fingerprint density at radius 1 is 1.53 bits per heavy atom. The maximum absolute atomic E-state index is 11.9. The molecule has 0 aliphatic carbocycles. The van der Waals surface area contributed by atoms with Gasteiger partial charge in [-0.1, -0.05) is 18.5 Å². The van der Waals surface area contributed by atoms with Gasteiger partial charge < -0.3 is 10.1 Å². The van der Waals surface area contributed by atoms with E-state index < -0.39 is 0 Å². The third kappa shape index (κ3) is 3.70. The van der Waals surface area contributed by atoms with Gasteiger partial charge in [-0.2, -0.15) is 5.10 Å². The smallest absolute Gasteiger partial charge is 0.287 e. The first-order valence-electron chi connectivity index (χ1n) is 6.79. The van der Waals surface area contributed by atoms with Crippen molar-refractivity contribution in [2.45, 2.75) is 32.7 Å². The van der Waals surface area contributed by atoms with E-state index in [1.54, 1.807) is 6.20 Å². The van der Waals surface area contributed by atoms with Crippen molar-refractivity contribution < 1.29 is 4.74 Å². The average Bonchev–Trinajstić information content (AvgIpc) is 2.44. The second-order valence-corrected chi connectivity index (χ2v) is 5.22. The lowest BCUT2D eigenvalue weighted by Gasteiger charge is -2.22. The average molecular weight is 286 g/mol. The van der Waals surface area contributed by atoms with Gasteiger partial charge in [0.2, 0.25) is 0 Å². The highest BCUT2D eigenvalue weighted by molar-refractivity contribution is 6.32. The van der Waals surface area contributed by atoms with Gasteiger partial charge in [0.1, 0.15) is 5.02 Å². The minimum absolute atomic E-state index is 0.222. The number of ether oxygens (including phenoxy) is 1. The van der Waals surface area contributed by atoms with Crippen LogP contribution in [0.25, 0.3) is 0 Å². The molecular formula is C13H20ClN3O2. The fraction of sp³-hybridized carbons (Fsp3) is 0.692. The maximum atomic E-state index is 11.9. The number of aromatic nitrogens is 2. The number of nitrogens with one attached hydrogen (secondary N) is 1. The van der Waals surface area contributed by atoms with E-state index in [-0.39, 0.29) is 10.6 Å². The van der Waals surface area contributed by atoms with Crippen LogP contribution in [0.1, 0.15) is 26.2 Å². The molecule has 0 aromatic carbocycles. The first kappa shape index (κ1) is 14.3. The van der Waals surface area contributed by atoms with Crippen LogP contribution < -0.4 is 10.9 Å². The summed E-state index contributed by atoms with van der Waals surface area (Å²) in [5.41, 5.74) is 0.408. The lowest BCUT2D eigenvalue weighted by Crippen LogP contribution is -2.26. The molecule has 19 heavy (non-hydrogen) atoms. The predicted octanol–water partition coefficient (Wildman–Crippen LogP) is 2.15. The Hall–Kier alpha value is -1.07. The second-order valence-electron chi connectivity index (χ2n) is 4.84. The Morgan fingerprint density at radius 2 is 2.26 bits per heavy atom. The summed E-state index contributed by atoms with van der Waals surface area (Å²) in [7, 11) is 0. The van der Waals surface area contributed by atoms with Gasteiger partial charge in [-0.05, 0) is 25.2 Å². The molecule has 2 rings (SSSR count). The van der Waals surface area contributed by atoms with Crippen LogP contribution in [0.2, 0.25) is 5.02 Å². The van der Waals surface area contributed by atoms with Crippen LogP contribution in [0.5, 0.6) is 0 Å². The summed E-state index contributed by atoms with van der Waals surface area (Å²) in [5, 5.41) is 7.59. The van der Waals surface area contributed by atoms with Crippen molar-refractivity contribution in [2.24, 2.45) is 5.92 Å². The summed E-state index contributed by atoms with van der Waals surface area (Å²) >= 11 is 6.09. The summed E-state index contributed by atoms with van der Waals surface area (Å²) in [6.45, 7) is 5.03. The fourth-order valence-corrected chi connectivity index (χ4v) is 2.38. The van der Waals surface area contributed by atoms with Gasteiger partial charge in [-0.3, -0.25) is 4.79 Å². The first-order chi connectivity index (χ1) is 9.22. The van der Waals surface area contributed by atoms with Gasteiger partial charge in [0.25, 0.3) is 5.56 Å². The molecule has 1 N–H and O–H groups in total. The van der Waals surface area contributed by atoms with Crippen molar-refractivity contribution >= 4 is 17.3 Å². The van der Waals surface area contributed by atoms with Crippen molar-refractivity contribution in [3.05, 3.63) is 21.6 Å². The Bertz CT molecular complexity index is 469. The van der Waals surface area contributed by atoms with Crippen LogP contribution >= 0.6 is 11.6 Å². The molecule has 1 aliphatic heterocycles. The van der Waals surface area contributed by atoms with Gasteiger partial charge in [-0.25, -0.2) is 4.68 Å². The van der Waals surface area contributed by atoms with Crippen LogP contribution in [-0.4, -0.2) is 29.5 Å². The number of aryl methyl sites for hydroxylation is 1. The maximum Gasteiger partial charge on any atom is 0.287 e. The Labute approximate surface area is 117 Å². The van der Waals surface area contributed by atoms with Gasteiger partial charge in [0.05, 0.1) is 11.9 Å². The zero-order valence-electron chi connectivity index (χ0n) is 11.2. The zero-order chi connectivity index (χ0) is 13.7. The van der Waals surface area contributed by atoms with Gasteiger partial charge in [0, 0.05) is 26.3 Å². The van der Waals surface area contributed by atoms with Crippen LogP contribution in [0.15, 0.2) is 11.0 Å². The summed E-state index contributed by atoms with van der Waals surface area (Å²) in [6.07, 6.45) is 4.59. The molecule has 0 radical (unpaired) electrons. The molecule has 1 saturated heterocycles. The van der Waals surface area contributed by atoms with E-state index >= 15 is 0 Å². The largest absolute Gasteiger partial charge is 0.382 e. The topological polar surface area (TPSA) is 56.1 Å². The third-order valence-electron chi connectivity index (χ3n) is 3.34. The number of halogens is 1. The summed E-state index contributed by atoms with van der Waals surface area (Å²) < 4.78 is 6.72. The summed E-state index contributed by atoms with van der Waals surface area (Å²) in [5.74, 6) is 0.572. The monoisotopic (exact) mass is 285 g/mol. The Balaban J connectivity index is 2.00. The summed E-state index contributed by atoms with van der Waals surface area (Å²) in [6, 6.07) is 0. The van der Waals surface area contributed by atoms with Gasteiger partial charge in [0.15, 0.2) is 0 Å². The highest BCUT2D eigenvalue weighted by atomic mass is 35.5. The summed E-state index contributed by atoms with van der Waals surface area (Å²) in [4.78, 5) is 11.9. The number of hydrogen-bond acceptors (Lipinski definition) is 4. The van der Waals surface area contributed by atoms with E-state index in [0.29, 0.717) is 18.2 Å². The van der Waals surface area contributed by atoms with E-state index in [1.165, 1.54) is 4.68 Å². The van der Waals surface area contributed by atoms with Crippen LogP contribution in [-0.2, 0) is 11.3 Å². The molecule has 0 amide bonds. The molecule has 5 nitrogen and oxygen atoms in total. The number of nitrogens with zero attached hydrogens (tertiary/aromatic N) is 2. The molecule has 0 spiro atoms. The van der Waals surface area contributed by atoms with Crippen molar-refractivity contribution in [1.29, 1.82) is 0 Å². The highest BCUT2D eigenvalue weighted by Crippen LogP contribution is 2.19. The molecule has 0 saturated carbocycles. The molecule has 1 aromatic rings. The number of anilines is 1. The molecule has 0 atom stereocenters. The predicted molar refractivity (Wildman–Crippen MR) is 75.8 cm³/mol. The normalized spacial score (nSPS) is 16.5. The SMILES string of the molecule is CCCn1ncc(NCC2CCOCC2)c(Cl)c1=O. The lowest BCUT2D eigenvalue weighted by molar-refractivity contribution is 0.0699. The number of hydrogen-bond donors (Lipinski definition) is 1. The first-order valence-corrected chi connectivity index (χ1v) is 7.17. The minimum atomic E-state index is -0.222. The van der Waals surface area contributed by atoms with Crippen molar-refractivity contribution in [1.82, 2.24) is 9.78 Å². The van der Waals surface area contributed by atoms with Crippen LogP contribution in [0.4, 0.5) is 5.69 Å². The van der Waals surface area contributed by atoms with Crippen molar-refractivity contribution in [2.75, 3.05) is 25.1 Å². The standard InChI is InChI=1S/C13H20ClN3O2/c1-2-5-17-13(18)12(14)11(9-16-17)15-8-10-3-6-19-7-4-10/h9-10,15H,2-8H2,1H3. The van der Waals surface area contributed by atoms with Crippen molar-refractivity contribution in [3.63, 3.8) is 0 Å². The van der Waals surface area contributed by atoms with E-state index in [1.807, 2.05) is 6.92 Å². The quantitative estimate of drug-likeness (QED) is 0.901. The third-order valence-corrected chi connectivity index (χ3v) is 3.71. The molecule has 6 heteroatoms. The molecule has 0 unspecified atom stereocenters. The molecule has 106 valence electrons. The van der Waals surface area contributed by atoms with E-state index in [0.717, 1.165) is 39.0 Å². The zero-order valence-corrected chi connectivity index (χ0v) is 11.9. The molecule has 2 heterocycles. The van der Waals surface area contributed by atoms with Crippen LogP contribution in [0, 0.1) is 5.92 Å². The van der Waals surface area contributed by atoms with E-state index in [9.17, 15) is 4.79 Å². The Kier molecular flexibility index (Phi) is 5.22. The van der Waals surface area contributed by atoms with E-state index in [4.69, 9.17) is 16.3 Å². The number of rotatable bonds is 5. The lowest BCUT2D eigenvalue weighted by atomic mass is 10.0. The Morgan fingerprint density at radius 3 is 2.95 bits per heavy atom. The van der Waals surface area contributed by atoms with Gasteiger partial charge in [-0.15, -0.1) is 0 Å². The highest BCUT2D eigenvalue weighted by Gasteiger charge is 2.15. The second kappa shape index (κ2) is 6.91. The molecule has 0 bridgehead atoms. The molecule has 1 fully saturated rings. The molecule has 1 aliphatic rings. The van der Waals surface area contributed by atoms with Crippen molar-refractivity contribution in [3.8, 4) is 0 Å². The van der Waals surface area contributed by atoms with Gasteiger partial charge >= 0.3 is 0 Å². The van der Waals surface area contributed by atoms with E-state index in [2.05, 4.69) is 10.4 Å². The minimum Gasteiger partial charge on any atom is -0.382 e.